The van der Waals surface area contributed by atoms with Crippen molar-refractivity contribution >= 4 is 5.97 Å². The van der Waals surface area contributed by atoms with Gasteiger partial charge >= 0.3 is 11.8 Å². The van der Waals surface area contributed by atoms with E-state index < -0.39 is 11.8 Å². The van der Waals surface area contributed by atoms with Crippen molar-refractivity contribution in [2.45, 2.75) is 70.5 Å². The van der Waals surface area contributed by atoms with Crippen LogP contribution >= 0.6 is 0 Å². The van der Waals surface area contributed by atoms with Crippen molar-refractivity contribution < 1.29 is 19.4 Å². The van der Waals surface area contributed by atoms with Gasteiger partial charge in [0.05, 0.1) is 0 Å². The molecule has 4 heteroatoms. The highest BCUT2D eigenvalue weighted by atomic mass is 16.7. The SMILES string of the molecule is CCCCCc1cc(O)c(C2C=C(C)CCC2)c2c1C(=O)OC(c1ccccc1)(c1ccccc1)O2. The summed E-state index contributed by atoms with van der Waals surface area (Å²) in [5.41, 5.74) is 4.69. The van der Waals surface area contributed by atoms with Crippen LogP contribution in [0.3, 0.4) is 0 Å². The molecule has 1 N–H and O–H groups in total. The molecule has 0 spiro atoms. The van der Waals surface area contributed by atoms with Crippen LogP contribution in [0.1, 0.15) is 90.9 Å². The van der Waals surface area contributed by atoms with Crippen molar-refractivity contribution in [3.63, 3.8) is 0 Å². The number of aryl methyl sites for hydroxylation is 1. The first-order valence-corrected chi connectivity index (χ1v) is 13.1. The molecule has 0 bridgehead atoms. The van der Waals surface area contributed by atoms with Crippen molar-refractivity contribution in [1.29, 1.82) is 0 Å². The van der Waals surface area contributed by atoms with Gasteiger partial charge in [0.2, 0.25) is 0 Å². The molecule has 0 radical (unpaired) electrons. The number of hydrogen-bond donors (Lipinski definition) is 1. The number of carbonyl (C=O) groups excluding carboxylic acids is 1. The molecular formula is C32H34O4. The third kappa shape index (κ3) is 4.41. The third-order valence-corrected chi connectivity index (χ3v) is 7.37. The minimum atomic E-state index is -1.44. The van der Waals surface area contributed by atoms with E-state index in [0.717, 1.165) is 55.2 Å². The number of fused-ring (bicyclic) bond motifs is 1. The summed E-state index contributed by atoms with van der Waals surface area (Å²) in [4.78, 5) is 13.9. The van der Waals surface area contributed by atoms with Crippen LogP contribution in [0.4, 0.5) is 0 Å². The van der Waals surface area contributed by atoms with Crippen LogP contribution in [-0.2, 0) is 16.9 Å². The van der Waals surface area contributed by atoms with Crippen LogP contribution in [0, 0.1) is 0 Å². The number of phenolic OH excluding ortho intramolecular Hbond substituents is 1. The molecule has 1 aliphatic heterocycles. The third-order valence-electron chi connectivity index (χ3n) is 7.37. The van der Waals surface area contributed by atoms with Gasteiger partial charge in [0.25, 0.3) is 0 Å². The molecule has 0 amide bonds. The van der Waals surface area contributed by atoms with E-state index in [2.05, 4.69) is 19.9 Å². The molecule has 0 aromatic heterocycles. The molecule has 1 aliphatic carbocycles. The van der Waals surface area contributed by atoms with Crippen LogP contribution in [0.2, 0.25) is 0 Å². The second-order valence-electron chi connectivity index (χ2n) is 9.98. The lowest BCUT2D eigenvalue weighted by molar-refractivity contribution is -0.131. The summed E-state index contributed by atoms with van der Waals surface area (Å²) in [5, 5.41) is 11.4. The van der Waals surface area contributed by atoms with E-state index in [0.29, 0.717) is 23.3 Å². The van der Waals surface area contributed by atoms with Gasteiger partial charge in [-0.25, -0.2) is 4.79 Å². The average Bonchev–Trinajstić information content (AvgIpc) is 2.89. The van der Waals surface area contributed by atoms with Crippen LogP contribution in [-0.4, -0.2) is 11.1 Å². The molecule has 5 rings (SSSR count). The molecule has 0 saturated heterocycles. The maximum atomic E-state index is 13.9. The highest BCUT2D eigenvalue weighted by Crippen LogP contribution is 2.51. The predicted molar refractivity (Wildman–Crippen MR) is 141 cm³/mol. The fraction of sp³-hybridized carbons (Fsp3) is 0.344. The molecule has 36 heavy (non-hydrogen) atoms. The monoisotopic (exact) mass is 482 g/mol. The molecule has 4 nitrogen and oxygen atoms in total. The Morgan fingerprint density at radius 2 is 1.64 bits per heavy atom. The van der Waals surface area contributed by atoms with E-state index in [1.807, 2.05) is 60.7 Å². The Morgan fingerprint density at radius 1 is 0.972 bits per heavy atom. The molecule has 1 atom stereocenters. The minimum absolute atomic E-state index is 0.0210. The van der Waals surface area contributed by atoms with Gasteiger partial charge in [-0.2, -0.15) is 0 Å². The highest BCUT2D eigenvalue weighted by Gasteiger charge is 2.48. The molecule has 3 aromatic carbocycles. The Labute approximate surface area is 213 Å². The van der Waals surface area contributed by atoms with E-state index in [9.17, 15) is 9.90 Å². The summed E-state index contributed by atoms with van der Waals surface area (Å²) in [6.45, 7) is 4.28. The van der Waals surface area contributed by atoms with Gasteiger partial charge in [0.15, 0.2) is 0 Å². The van der Waals surface area contributed by atoms with Gasteiger partial charge in [-0.15, -0.1) is 0 Å². The summed E-state index contributed by atoms with van der Waals surface area (Å²) in [7, 11) is 0. The lowest BCUT2D eigenvalue weighted by atomic mass is 9.82. The Balaban J connectivity index is 1.74. The second kappa shape index (κ2) is 10.2. The Morgan fingerprint density at radius 3 is 2.25 bits per heavy atom. The Hall–Kier alpha value is -3.53. The normalized spacial score (nSPS) is 18.6. The zero-order chi connectivity index (χ0) is 25.1. The fourth-order valence-corrected chi connectivity index (χ4v) is 5.56. The van der Waals surface area contributed by atoms with Gasteiger partial charge < -0.3 is 14.6 Å². The number of benzene rings is 3. The highest BCUT2D eigenvalue weighted by molar-refractivity contribution is 5.97. The van der Waals surface area contributed by atoms with Crippen molar-refractivity contribution in [1.82, 2.24) is 0 Å². The van der Waals surface area contributed by atoms with Crippen LogP contribution in [0.15, 0.2) is 78.4 Å². The van der Waals surface area contributed by atoms with E-state index in [-0.39, 0.29) is 11.7 Å². The largest absolute Gasteiger partial charge is 0.507 e. The molecule has 3 aromatic rings. The first kappa shape index (κ1) is 24.2. The number of unbranched alkanes of at least 4 members (excludes halogenated alkanes) is 2. The van der Waals surface area contributed by atoms with Crippen LogP contribution < -0.4 is 4.74 Å². The lowest BCUT2D eigenvalue weighted by Crippen LogP contribution is -2.44. The maximum Gasteiger partial charge on any atom is 0.346 e. The summed E-state index contributed by atoms with van der Waals surface area (Å²) < 4.78 is 13.1. The molecule has 186 valence electrons. The number of phenols is 1. The molecule has 0 saturated carbocycles. The molecule has 0 fully saturated rings. The van der Waals surface area contributed by atoms with Crippen molar-refractivity contribution in [3.8, 4) is 11.5 Å². The fourth-order valence-electron chi connectivity index (χ4n) is 5.56. The van der Waals surface area contributed by atoms with E-state index in [4.69, 9.17) is 9.47 Å². The van der Waals surface area contributed by atoms with E-state index in [1.54, 1.807) is 6.07 Å². The van der Waals surface area contributed by atoms with E-state index >= 15 is 0 Å². The summed E-state index contributed by atoms with van der Waals surface area (Å²) in [6, 6.07) is 21.0. The number of rotatable bonds is 7. The number of aromatic hydroxyl groups is 1. The zero-order valence-corrected chi connectivity index (χ0v) is 21.1. The standard InChI is InChI=1S/C32H34O4/c1-3-4-7-14-24-21-27(33)28(23-15-12-13-22(2)20-23)30-29(24)31(34)36-32(35-30,25-16-8-5-9-17-25)26-18-10-6-11-19-26/h5-6,8-11,16-21,23,33H,3-4,7,12-15H2,1-2H3. The quantitative estimate of drug-likeness (QED) is 0.212. The molecular weight excluding hydrogens is 448 g/mol. The number of hydrogen-bond acceptors (Lipinski definition) is 4. The van der Waals surface area contributed by atoms with Crippen molar-refractivity contribution in [3.05, 3.63) is 106 Å². The van der Waals surface area contributed by atoms with Gasteiger partial charge in [-0.1, -0.05) is 92.1 Å². The Kier molecular flexibility index (Phi) is 6.86. The topological polar surface area (TPSA) is 55.8 Å². The van der Waals surface area contributed by atoms with Crippen molar-refractivity contribution in [2.75, 3.05) is 0 Å². The summed E-state index contributed by atoms with van der Waals surface area (Å²) >= 11 is 0. The maximum absolute atomic E-state index is 13.9. The summed E-state index contributed by atoms with van der Waals surface area (Å²) in [5.74, 6) is -1.22. The number of esters is 1. The average molecular weight is 483 g/mol. The van der Waals surface area contributed by atoms with E-state index in [1.165, 1.54) is 5.57 Å². The second-order valence-corrected chi connectivity index (χ2v) is 9.98. The lowest BCUT2D eigenvalue weighted by Gasteiger charge is -2.40. The van der Waals surface area contributed by atoms with Gasteiger partial charge in [-0.05, 0) is 50.7 Å². The zero-order valence-electron chi connectivity index (χ0n) is 21.1. The molecule has 1 heterocycles. The van der Waals surface area contributed by atoms with Gasteiger partial charge in [-0.3, -0.25) is 0 Å². The first-order chi connectivity index (χ1) is 17.5. The van der Waals surface area contributed by atoms with Gasteiger partial charge in [0.1, 0.15) is 17.1 Å². The van der Waals surface area contributed by atoms with Crippen LogP contribution in [0.25, 0.3) is 0 Å². The first-order valence-electron chi connectivity index (χ1n) is 13.1. The number of carbonyl (C=O) groups is 1. The number of ether oxygens (including phenoxy) is 2. The molecule has 2 aliphatic rings. The van der Waals surface area contributed by atoms with Crippen molar-refractivity contribution in [2.24, 2.45) is 0 Å². The van der Waals surface area contributed by atoms with Crippen LogP contribution in [0.5, 0.6) is 11.5 Å². The minimum Gasteiger partial charge on any atom is -0.507 e. The Bertz CT molecular complexity index is 1220. The number of cyclic esters (lactones) is 1. The summed E-state index contributed by atoms with van der Waals surface area (Å²) in [6.07, 6.45) is 8.94. The number of allylic oxidation sites excluding steroid dienone is 2. The van der Waals surface area contributed by atoms with Gasteiger partial charge in [0, 0.05) is 22.6 Å². The smallest absolute Gasteiger partial charge is 0.346 e. The predicted octanol–water partition coefficient (Wildman–Crippen LogP) is 7.79. The molecule has 1 unspecified atom stereocenters.